The van der Waals surface area contributed by atoms with Crippen molar-refractivity contribution in [2.45, 2.75) is 32.4 Å². The zero-order valence-electron chi connectivity index (χ0n) is 9.53. The van der Waals surface area contributed by atoms with Crippen molar-refractivity contribution in [2.75, 3.05) is 0 Å². The Morgan fingerprint density at radius 3 is 2.62 bits per heavy atom. The Balaban J connectivity index is 2.75. The highest BCUT2D eigenvalue weighted by Crippen LogP contribution is 2.22. The highest BCUT2D eigenvalue weighted by atomic mass is 35.5. The number of amides is 1. The monoisotopic (exact) mass is 240 g/mol. The maximum atomic E-state index is 11.1. The van der Waals surface area contributed by atoms with Crippen molar-refractivity contribution in [1.29, 1.82) is 0 Å². The molecule has 1 amide bonds. The second-order valence-corrected chi connectivity index (χ2v) is 4.18. The fourth-order valence-corrected chi connectivity index (χ4v) is 1.92. The van der Waals surface area contributed by atoms with E-state index in [-0.39, 0.29) is 18.0 Å². The van der Waals surface area contributed by atoms with Gasteiger partial charge in [0.25, 0.3) is 0 Å². The van der Waals surface area contributed by atoms with Gasteiger partial charge in [-0.15, -0.1) is 0 Å². The lowest BCUT2D eigenvalue weighted by Crippen LogP contribution is -2.41. The van der Waals surface area contributed by atoms with E-state index in [9.17, 15) is 4.79 Å². The van der Waals surface area contributed by atoms with Crippen LogP contribution in [0.15, 0.2) is 24.3 Å². The quantitative estimate of drug-likeness (QED) is 0.830. The number of carbonyl (C=O) groups is 1. The number of benzene rings is 1. The van der Waals surface area contributed by atoms with Crippen molar-refractivity contribution in [3.05, 3.63) is 34.9 Å². The SMILES string of the molecule is CCC(N[C@@H](C)c1ccccc1Cl)C(N)=O. The van der Waals surface area contributed by atoms with Crippen molar-refractivity contribution in [3.8, 4) is 0 Å². The Hall–Kier alpha value is -1.06. The predicted octanol–water partition coefficient (Wildman–Crippen LogP) is 2.25. The van der Waals surface area contributed by atoms with Crippen molar-refractivity contribution in [1.82, 2.24) is 5.32 Å². The number of hydrogen-bond acceptors (Lipinski definition) is 2. The zero-order chi connectivity index (χ0) is 12.1. The number of nitrogens with two attached hydrogens (primary N) is 1. The molecule has 0 bridgehead atoms. The highest BCUT2D eigenvalue weighted by molar-refractivity contribution is 6.31. The van der Waals surface area contributed by atoms with Gasteiger partial charge < -0.3 is 5.73 Å². The van der Waals surface area contributed by atoms with Gasteiger partial charge in [-0.25, -0.2) is 0 Å². The van der Waals surface area contributed by atoms with E-state index in [0.29, 0.717) is 11.4 Å². The van der Waals surface area contributed by atoms with Crippen LogP contribution in [0.4, 0.5) is 0 Å². The molecule has 1 aromatic carbocycles. The maximum absolute atomic E-state index is 11.1. The van der Waals surface area contributed by atoms with Gasteiger partial charge in [-0.3, -0.25) is 10.1 Å². The van der Waals surface area contributed by atoms with E-state index in [4.69, 9.17) is 17.3 Å². The van der Waals surface area contributed by atoms with Crippen LogP contribution in [0.5, 0.6) is 0 Å². The molecule has 3 N–H and O–H groups in total. The molecule has 0 heterocycles. The van der Waals surface area contributed by atoms with Gasteiger partial charge in [0.05, 0.1) is 6.04 Å². The first kappa shape index (κ1) is 13.0. The Kier molecular flexibility index (Phi) is 4.77. The molecule has 1 rings (SSSR count). The van der Waals surface area contributed by atoms with E-state index in [1.54, 1.807) is 0 Å². The molecule has 0 aromatic heterocycles. The second kappa shape index (κ2) is 5.87. The third kappa shape index (κ3) is 3.22. The molecule has 2 atom stereocenters. The summed E-state index contributed by atoms with van der Waals surface area (Å²) in [5, 5.41) is 3.86. The topological polar surface area (TPSA) is 55.1 Å². The van der Waals surface area contributed by atoms with Crippen LogP contribution >= 0.6 is 11.6 Å². The van der Waals surface area contributed by atoms with E-state index >= 15 is 0 Å². The molecular formula is C12H17ClN2O. The van der Waals surface area contributed by atoms with Crippen LogP contribution in [0.25, 0.3) is 0 Å². The molecule has 0 aliphatic heterocycles. The second-order valence-electron chi connectivity index (χ2n) is 3.77. The molecule has 0 aliphatic carbocycles. The van der Waals surface area contributed by atoms with Crippen LogP contribution in [0.1, 0.15) is 31.9 Å². The van der Waals surface area contributed by atoms with Crippen LogP contribution in [-0.4, -0.2) is 11.9 Å². The Morgan fingerprint density at radius 2 is 2.12 bits per heavy atom. The van der Waals surface area contributed by atoms with Crippen LogP contribution in [-0.2, 0) is 4.79 Å². The normalized spacial score (nSPS) is 14.4. The lowest BCUT2D eigenvalue weighted by atomic mass is 10.1. The molecule has 4 heteroatoms. The first-order chi connectivity index (χ1) is 7.56. The van der Waals surface area contributed by atoms with Gasteiger partial charge in [-0.1, -0.05) is 36.7 Å². The van der Waals surface area contributed by atoms with Gasteiger partial charge in [0.1, 0.15) is 0 Å². The summed E-state index contributed by atoms with van der Waals surface area (Å²) < 4.78 is 0. The third-order valence-corrected chi connectivity index (χ3v) is 2.92. The molecule has 1 unspecified atom stereocenters. The number of rotatable bonds is 5. The van der Waals surface area contributed by atoms with Crippen LogP contribution in [0.2, 0.25) is 5.02 Å². The fraction of sp³-hybridized carbons (Fsp3) is 0.417. The number of hydrogen-bond donors (Lipinski definition) is 2. The van der Waals surface area contributed by atoms with Crippen molar-refractivity contribution in [3.63, 3.8) is 0 Å². The van der Waals surface area contributed by atoms with Gasteiger partial charge in [-0.05, 0) is 25.0 Å². The molecule has 3 nitrogen and oxygen atoms in total. The van der Waals surface area contributed by atoms with E-state index in [1.165, 1.54) is 0 Å². The van der Waals surface area contributed by atoms with E-state index < -0.39 is 0 Å². The molecule has 16 heavy (non-hydrogen) atoms. The summed E-state index contributed by atoms with van der Waals surface area (Å²) in [6.07, 6.45) is 0.671. The summed E-state index contributed by atoms with van der Waals surface area (Å²) in [5.41, 5.74) is 6.25. The first-order valence-electron chi connectivity index (χ1n) is 5.36. The van der Waals surface area contributed by atoms with Gasteiger partial charge in [0, 0.05) is 11.1 Å². The number of halogens is 1. The van der Waals surface area contributed by atoms with Crippen molar-refractivity contribution >= 4 is 17.5 Å². The smallest absolute Gasteiger partial charge is 0.234 e. The zero-order valence-corrected chi connectivity index (χ0v) is 10.3. The van der Waals surface area contributed by atoms with E-state index in [1.807, 2.05) is 38.1 Å². The average Bonchev–Trinajstić information content (AvgIpc) is 2.25. The summed E-state index contributed by atoms with van der Waals surface area (Å²) in [6.45, 7) is 3.88. The molecule has 0 saturated heterocycles. The summed E-state index contributed by atoms with van der Waals surface area (Å²) in [7, 11) is 0. The molecule has 0 fully saturated rings. The molecule has 1 aromatic rings. The minimum atomic E-state index is -0.332. The van der Waals surface area contributed by atoms with Gasteiger partial charge in [0.2, 0.25) is 5.91 Å². The number of carbonyl (C=O) groups excluding carboxylic acids is 1. The number of primary amides is 1. The molecule has 0 saturated carbocycles. The van der Waals surface area contributed by atoms with Gasteiger partial charge >= 0.3 is 0 Å². The Bertz CT molecular complexity index is 368. The minimum absolute atomic E-state index is 0.00569. The van der Waals surface area contributed by atoms with E-state index in [0.717, 1.165) is 5.56 Å². The van der Waals surface area contributed by atoms with Crippen LogP contribution in [0, 0.1) is 0 Å². The summed E-state index contributed by atoms with van der Waals surface area (Å²) in [6, 6.07) is 7.26. The van der Waals surface area contributed by atoms with Gasteiger partial charge in [0.15, 0.2) is 0 Å². The minimum Gasteiger partial charge on any atom is -0.368 e. The Morgan fingerprint density at radius 1 is 1.50 bits per heavy atom. The third-order valence-electron chi connectivity index (χ3n) is 2.57. The summed E-state index contributed by atoms with van der Waals surface area (Å²) in [4.78, 5) is 11.1. The van der Waals surface area contributed by atoms with E-state index in [2.05, 4.69) is 5.32 Å². The number of nitrogens with one attached hydrogen (secondary N) is 1. The van der Waals surface area contributed by atoms with Crippen LogP contribution < -0.4 is 11.1 Å². The lowest BCUT2D eigenvalue weighted by molar-refractivity contribution is -0.120. The summed E-state index contributed by atoms with van der Waals surface area (Å²) >= 11 is 6.07. The first-order valence-corrected chi connectivity index (χ1v) is 5.73. The van der Waals surface area contributed by atoms with Crippen molar-refractivity contribution in [2.24, 2.45) is 5.73 Å². The lowest BCUT2D eigenvalue weighted by Gasteiger charge is -2.20. The van der Waals surface area contributed by atoms with Gasteiger partial charge in [-0.2, -0.15) is 0 Å². The molecule has 0 radical (unpaired) electrons. The molecule has 88 valence electrons. The van der Waals surface area contributed by atoms with Crippen molar-refractivity contribution < 1.29 is 4.79 Å². The average molecular weight is 241 g/mol. The molecule has 0 spiro atoms. The Labute approximate surface area is 101 Å². The largest absolute Gasteiger partial charge is 0.368 e. The van der Waals surface area contributed by atoms with Crippen LogP contribution in [0.3, 0.4) is 0 Å². The predicted molar refractivity (Wildman–Crippen MR) is 66.3 cm³/mol. The standard InChI is InChI=1S/C12H17ClN2O/c1-3-11(12(14)16)15-8(2)9-6-4-5-7-10(9)13/h4-8,11,15H,3H2,1-2H3,(H2,14,16)/t8-,11?/m0/s1. The molecule has 0 aliphatic rings. The highest BCUT2D eigenvalue weighted by Gasteiger charge is 2.17. The maximum Gasteiger partial charge on any atom is 0.234 e. The fourth-order valence-electron chi connectivity index (χ4n) is 1.62. The molecular weight excluding hydrogens is 224 g/mol. The summed E-state index contributed by atoms with van der Waals surface area (Å²) in [5.74, 6) is -0.332.